The third kappa shape index (κ3) is 3.48. The maximum atomic E-state index is 14.2. The molecule has 1 unspecified atom stereocenters. The number of rotatable bonds is 2. The Kier molecular flexibility index (Phi) is 5.06. The molecule has 6 nitrogen and oxygen atoms in total. The molecule has 4 rings (SSSR count). The lowest BCUT2D eigenvalue weighted by atomic mass is 10.1. The number of likely N-dealkylation sites (N-methyl/N-ethyl adjacent to an activating group) is 1. The number of pyridine rings is 1. The SMILES string of the molecule is CN1C(N2CCOC(c3c(F)cccc3F)C2)=NC(c2ccncc2)=C[C@@H]1O. The Labute approximate surface area is 161 Å². The molecule has 1 aromatic heterocycles. The number of morpholine rings is 1. The average molecular weight is 386 g/mol. The van der Waals surface area contributed by atoms with Crippen LogP contribution in [-0.2, 0) is 4.74 Å². The topological polar surface area (TPSA) is 61.2 Å². The molecule has 0 amide bonds. The molecule has 8 heteroatoms. The van der Waals surface area contributed by atoms with Gasteiger partial charge in [-0.3, -0.25) is 4.98 Å². The lowest BCUT2D eigenvalue weighted by Gasteiger charge is -2.40. The Hall–Kier alpha value is -2.84. The van der Waals surface area contributed by atoms with Crippen molar-refractivity contribution in [2.45, 2.75) is 12.3 Å². The first-order valence-corrected chi connectivity index (χ1v) is 8.97. The Balaban J connectivity index is 1.63. The summed E-state index contributed by atoms with van der Waals surface area (Å²) in [7, 11) is 1.72. The molecular formula is C20H20F2N4O2. The van der Waals surface area contributed by atoms with Gasteiger partial charge >= 0.3 is 0 Å². The highest BCUT2D eigenvalue weighted by Gasteiger charge is 2.32. The number of aliphatic hydroxyl groups is 1. The van der Waals surface area contributed by atoms with Crippen LogP contribution in [0.25, 0.3) is 5.70 Å². The lowest BCUT2D eigenvalue weighted by molar-refractivity contribution is -0.0177. The normalized spacial score (nSPS) is 22.7. The van der Waals surface area contributed by atoms with E-state index in [1.165, 1.54) is 18.2 Å². The van der Waals surface area contributed by atoms with Crippen LogP contribution in [0, 0.1) is 11.6 Å². The summed E-state index contributed by atoms with van der Waals surface area (Å²) in [5, 5.41) is 10.5. The standard InChI is InChI=1S/C20H20F2N4O2/c1-25-18(27)11-16(13-5-7-23-8-6-13)24-20(25)26-9-10-28-17(12-26)19-14(21)3-2-4-15(19)22/h2-8,11,17-18,27H,9-10,12H2,1H3/t17?,18-/m0/s1. The molecule has 1 fully saturated rings. The fraction of sp³-hybridized carbons (Fsp3) is 0.300. The second-order valence-electron chi connectivity index (χ2n) is 6.66. The molecule has 3 heterocycles. The van der Waals surface area contributed by atoms with E-state index in [0.717, 1.165) is 5.56 Å². The molecule has 2 aliphatic heterocycles. The summed E-state index contributed by atoms with van der Waals surface area (Å²) in [6, 6.07) is 7.39. The van der Waals surface area contributed by atoms with Crippen molar-refractivity contribution in [2.24, 2.45) is 4.99 Å². The minimum atomic E-state index is -0.873. The molecule has 0 bridgehead atoms. The molecule has 28 heavy (non-hydrogen) atoms. The van der Waals surface area contributed by atoms with Crippen LogP contribution in [0.4, 0.5) is 8.78 Å². The van der Waals surface area contributed by atoms with Crippen LogP contribution >= 0.6 is 0 Å². The van der Waals surface area contributed by atoms with Gasteiger partial charge in [-0.1, -0.05) is 6.07 Å². The summed E-state index contributed by atoms with van der Waals surface area (Å²) < 4.78 is 34.0. The van der Waals surface area contributed by atoms with Gasteiger partial charge < -0.3 is 19.6 Å². The second-order valence-corrected chi connectivity index (χ2v) is 6.66. The predicted octanol–water partition coefficient (Wildman–Crippen LogP) is 2.39. The van der Waals surface area contributed by atoms with Crippen LogP contribution in [-0.4, -0.2) is 58.8 Å². The van der Waals surface area contributed by atoms with Gasteiger partial charge in [0.05, 0.1) is 24.4 Å². The molecule has 2 aromatic rings. The van der Waals surface area contributed by atoms with Gasteiger partial charge in [0.2, 0.25) is 5.96 Å². The van der Waals surface area contributed by atoms with E-state index in [1.54, 1.807) is 30.4 Å². The summed E-state index contributed by atoms with van der Waals surface area (Å²) in [5.41, 5.74) is 1.35. The number of hydrogen-bond donors (Lipinski definition) is 1. The van der Waals surface area contributed by atoms with E-state index in [4.69, 9.17) is 4.74 Å². The summed E-state index contributed by atoms with van der Waals surface area (Å²) in [5.74, 6) is -0.752. The molecular weight excluding hydrogens is 366 g/mol. The van der Waals surface area contributed by atoms with Crippen LogP contribution in [0.15, 0.2) is 53.8 Å². The maximum absolute atomic E-state index is 14.2. The number of benzene rings is 1. The Morgan fingerprint density at radius 1 is 1.14 bits per heavy atom. The van der Waals surface area contributed by atoms with Gasteiger partial charge in [-0.25, -0.2) is 13.8 Å². The molecule has 146 valence electrons. The quantitative estimate of drug-likeness (QED) is 0.859. The first-order valence-electron chi connectivity index (χ1n) is 8.97. The average Bonchev–Trinajstić information content (AvgIpc) is 2.71. The molecule has 0 aliphatic carbocycles. The highest BCUT2D eigenvalue weighted by atomic mass is 19.1. The third-order valence-corrected chi connectivity index (χ3v) is 4.89. The van der Waals surface area contributed by atoms with E-state index in [-0.39, 0.29) is 18.7 Å². The van der Waals surface area contributed by atoms with Crippen molar-refractivity contribution in [2.75, 3.05) is 26.7 Å². The van der Waals surface area contributed by atoms with E-state index in [1.807, 2.05) is 17.0 Å². The predicted molar refractivity (Wildman–Crippen MR) is 100 cm³/mol. The van der Waals surface area contributed by atoms with Crippen LogP contribution in [0.5, 0.6) is 0 Å². The van der Waals surface area contributed by atoms with Gasteiger partial charge in [0.15, 0.2) is 6.23 Å². The van der Waals surface area contributed by atoms with E-state index in [9.17, 15) is 13.9 Å². The molecule has 2 aliphatic rings. The molecule has 0 spiro atoms. The first kappa shape index (κ1) is 18.5. The smallest absolute Gasteiger partial charge is 0.204 e. The van der Waals surface area contributed by atoms with E-state index < -0.39 is 24.0 Å². The van der Waals surface area contributed by atoms with E-state index in [0.29, 0.717) is 18.2 Å². The Morgan fingerprint density at radius 3 is 2.57 bits per heavy atom. The third-order valence-electron chi connectivity index (χ3n) is 4.89. The fourth-order valence-electron chi connectivity index (χ4n) is 3.40. The van der Waals surface area contributed by atoms with Gasteiger partial charge in [0.1, 0.15) is 17.7 Å². The number of aromatic nitrogens is 1. The van der Waals surface area contributed by atoms with Gasteiger partial charge in [-0.2, -0.15) is 0 Å². The number of hydrogen-bond acceptors (Lipinski definition) is 6. The van der Waals surface area contributed by atoms with E-state index in [2.05, 4.69) is 9.98 Å². The van der Waals surface area contributed by atoms with E-state index >= 15 is 0 Å². The maximum Gasteiger partial charge on any atom is 0.204 e. The van der Waals surface area contributed by atoms with Gasteiger partial charge in [0.25, 0.3) is 0 Å². The number of aliphatic hydroxyl groups excluding tert-OH is 1. The first-order chi connectivity index (χ1) is 13.5. The van der Waals surface area contributed by atoms with Crippen LogP contribution < -0.4 is 0 Å². The number of aliphatic imine (C=N–C) groups is 1. The molecule has 2 atom stereocenters. The van der Waals surface area contributed by atoms with Crippen molar-refractivity contribution >= 4 is 11.7 Å². The minimum Gasteiger partial charge on any atom is -0.370 e. The summed E-state index contributed by atoms with van der Waals surface area (Å²) in [6.07, 6.45) is 3.32. The molecule has 1 aromatic carbocycles. The Bertz CT molecular complexity index is 899. The van der Waals surface area contributed by atoms with Crippen LogP contribution in [0.2, 0.25) is 0 Å². The molecule has 1 N–H and O–H groups in total. The zero-order chi connectivity index (χ0) is 19.7. The second kappa shape index (κ2) is 7.65. The summed E-state index contributed by atoms with van der Waals surface area (Å²) in [4.78, 5) is 12.2. The summed E-state index contributed by atoms with van der Waals surface area (Å²) >= 11 is 0. The van der Waals surface area contributed by atoms with Crippen molar-refractivity contribution < 1.29 is 18.6 Å². The zero-order valence-corrected chi connectivity index (χ0v) is 15.3. The highest BCUT2D eigenvalue weighted by molar-refractivity contribution is 5.89. The van der Waals surface area contributed by atoms with Crippen LogP contribution in [0.3, 0.4) is 0 Å². The highest BCUT2D eigenvalue weighted by Crippen LogP contribution is 2.29. The van der Waals surface area contributed by atoms with Gasteiger partial charge in [-0.15, -0.1) is 0 Å². The minimum absolute atomic E-state index is 0.0864. The van der Waals surface area contributed by atoms with Crippen molar-refractivity contribution in [1.29, 1.82) is 0 Å². The van der Waals surface area contributed by atoms with Crippen LogP contribution in [0.1, 0.15) is 17.2 Å². The van der Waals surface area contributed by atoms with Gasteiger partial charge in [-0.05, 0) is 30.3 Å². The zero-order valence-electron chi connectivity index (χ0n) is 15.3. The van der Waals surface area contributed by atoms with Crippen molar-refractivity contribution in [3.05, 3.63) is 71.6 Å². The van der Waals surface area contributed by atoms with Crippen molar-refractivity contribution in [3.63, 3.8) is 0 Å². The van der Waals surface area contributed by atoms with Crippen molar-refractivity contribution in [3.8, 4) is 0 Å². The molecule has 0 radical (unpaired) electrons. The molecule has 0 saturated carbocycles. The number of nitrogens with zero attached hydrogens (tertiary/aromatic N) is 4. The largest absolute Gasteiger partial charge is 0.370 e. The number of halogens is 2. The number of ether oxygens (including phenoxy) is 1. The summed E-state index contributed by atoms with van der Waals surface area (Å²) in [6.45, 7) is 0.999. The number of guanidine groups is 1. The Morgan fingerprint density at radius 2 is 1.86 bits per heavy atom. The lowest BCUT2D eigenvalue weighted by Crippen LogP contribution is -2.52. The monoisotopic (exact) mass is 386 g/mol. The molecule has 1 saturated heterocycles. The fourth-order valence-corrected chi connectivity index (χ4v) is 3.40. The van der Waals surface area contributed by atoms with Crippen molar-refractivity contribution in [1.82, 2.24) is 14.8 Å². The van der Waals surface area contributed by atoms with Gasteiger partial charge in [0, 0.05) is 31.5 Å².